The molecule has 1 N–H and O–H groups in total. The van der Waals surface area contributed by atoms with Gasteiger partial charge in [-0.2, -0.15) is 0 Å². The van der Waals surface area contributed by atoms with Crippen molar-refractivity contribution in [3.8, 4) is 0 Å². The first kappa shape index (κ1) is 18.0. The van der Waals surface area contributed by atoms with Crippen LogP contribution in [0.25, 0.3) is 0 Å². The van der Waals surface area contributed by atoms with E-state index in [0.717, 1.165) is 30.3 Å². The number of aryl methyl sites for hydroxylation is 1. The van der Waals surface area contributed by atoms with Gasteiger partial charge in [-0.3, -0.25) is 9.69 Å². The predicted octanol–water partition coefficient (Wildman–Crippen LogP) is 5.13. The average molecular weight is 357 g/mol. The third-order valence-electron chi connectivity index (χ3n) is 4.80. The maximum Gasteiger partial charge on any atom is 0.255 e. The summed E-state index contributed by atoms with van der Waals surface area (Å²) in [6, 6.07) is 13.4. The maximum absolute atomic E-state index is 12.4. The number of likely N-dealkylation sites (tertiary alicyclic amines) is 1. The predicted molar refractivity (Wildman–Crippen MR) is 104 cm³/mol. The van der Waals surface area contributed by atoms with Gasteiger partial charge in [0.05, 0.1) is 0 Å². The van der Waals surface area contributed by atoms with E-state index in [9.17, 15) is 4.79 Å². The van der Waals surface area contributed by atoms with Crippen LogP contribution < -0.4 is 5.32 Å². The van der Waals surface area contributed by atoms with E-state index in [1.807, 2.05) is 31.2 Å². The largest absolute Gasteiger partial charge is 0.322 e. The minimum absolute atomic E-state index is 0.0939. The van der Waals surface area contributed by atoms with Crippen LogP contribution in [-0.4, -0.2) is 23.9 Å². The Morgan fingerprint density at radius 2 is 2.00 bits per heavy atom. The fourth-order valence-electron chi connectivity index (χ4n) is 3.41. The molecule has 0 aliphatic carbocycles. The minimum Gasteiger partial charge on any atom is -0.322 e. The summed E-state index contributed by atoms with van der Waals surface area (Å²) in [6.07, 6.45) is 2.61. The zero-order valence-electron chi connectivity index (χ0n) is 14.9. The second-order valence-electron chi connectivity index (χ2n) is 7.09. The molecule has 0 bridgehead atoms. The highest BCUT2D eigenvalue weighted by Gasteiger charge is 2.16. The molecule has 1 amide bonds. The number of hydrogen-bond acceptors (Lipinski definition) is 2. The van der Waals surface area contributed by atoms with Crippen molar-refractivity contribution in [1.29, 1.82) is 0 Å². The van der Waals surface area contributed by atoms with E-state index in [-0.39, 0.29) is 5.91 Å². The second kappa shape index (κ2) is 8.03. The van der Waals surface area contributed by atoms with Crippen molar-refractivity contribution >= 4 is 23.2 Å². The van der Waals surface area contributed by atoms with Crippen LogP contribution in [0.3, 0.4) is 0 Å². The molecule has 25 heavy (non-hydrogen) atoms. The summed E-state index contributed by atoms with van der Waals surface area (Å²) in [5, 5.41) is 3.63. The Hall–Kier alpha value is -1.84. The van der Waals surface area contributed by atoms with Gasteiger partial charge in [0.1, 0.15) is 0 Å². The summed E-state index contributed by atoms with van der Waals surface area (Å²) in [5.41, 5.74) is 3.68. The summed E-state index contributed by atoms with van der Waals surface area (Å²) < 4.78 is 0. The van der Waals surface area contributed by atoms with Gasteiger partial charge in [0, 0.05) is 29.4 Å². The van der Waals surface area contributed by atoms with E-state index >= 15 is 0 Å². The van der Waals surface area contributed by atoms with Gasteiger partial charge >= 0.3 is 0 Å². The van der Waals surface area contributed by atoms with Crippen molar-refractivity contribution in [1.82, 2.24) is 4.90 Å². The quantitative estimate of drug-likeness (QED) is 0.823. The number of hydrogen-bond donors (Lipinski definition) is 1. The summed E-state index contributed by atoms with van der Waals surface area (Å²) in [5.74, 6) is 0.685. The monoisotopic (exact) mass is 356 g/mol. The lowest BCUT2D eigenvalue weighted by molar-refractivity contribution is 0.102. The fraction of sp³-hybridized carbons (Fsp3) is 0.381. The lowest BCUT2D eigenvalue weighted by Crippen LogP contribution is -2.33. The lowest BCUT2D eigenvalue weighted by Gasteiger charge is -2.30. The molecular formula is C21H25ClN2O. The molecule has 1 heterocycles. The Balaban J connectivity index is 1.62. The van der Waals surface area contributed by atoms with Crippen molar-refractivity contribution in [2.45, 2.75) is 33.2 Å². The first-order valence-electron chi connectivity index (χ1n) is 8.90. The van der Waals surface area contributed by atoms with E-state index in [4.69, 9.17) is 11.6 Å². The van der Waals surface area contributed by atoms with E-state index in [0.29, 0.717) is 10.6 Å². The summed E-state index contributed by atoms with van der Waals surface area (Å²) in [7, 11) is 0. The Morgan fingerprint density at radius 3 is 2.68 bits per heavy atom. The van der Waals surface area contributed by atoms with Gasteiger partial charge in [-0.05, 0) is 73.7 Å². The molecule has 2 aromatic rings. The van der Waals surface area contributed by atoms with Crippen LogP contribution in [0.4, 0.5) is 5.69 Å². The summed E-state index contributed by atoms with van der Waals surface area (Å²) in [6.45, 7) is 7.55. The zero-order valence-corrected chi connectivity index (χ0v) is 15.6. The van der Waals surface area contributed by atoms with E-state index < -0.39 is 0 Å². The first-order valence-corrected chi connectivity index (χ1v) is 9.28. The Morgan fingerprint density at radius 1 is 1.24 bits per heavy atom. The highest BCUT2D eigenvalue weighted by molar-refractivity contribution is 6.30. The fourth-order valence-corrected chi connectivity index (χ4v) is 3.64. The molecule has 0 radical (unpaired) electrons. The van der Waals surface area contributed by atoms with E-state index in [2.05, 4.69) is 29.3 Å². The number of amides is 1. The summed E-state index contributed by atoms with van der Waals surface area (Å²) >= 11 is 5.96. The molecule has 132 valence electrons. The van der Waals surface area contributed by atoms with Crippen LogP contribution in [0.1, 0.15) is 41.3 Å². The SMILES string of the molecule is Cc1cc(Cl)ccc1NC(=O)c1ccc(CN2CCC[C@@H](C)C2)cc1. The maximum atomic E-state index is 12.4. The van der Waals surface area contributed by atoms with Crippen LogP contribution in [0.15, 0.2) is 42.5 Å². The van der Waals surface area contributed by atoms with Crippen molar-refractivity contribution in [3.63, 3.8) is 0 Å². The topological polar surface area (TPSA) is 32.3 Å². The molecule has 0 unspecified atom stereocenters. The van der Waals surface area contributed by atoms with Crippen molar-refractivity contribution in [3.05, 3.63) is 64.2 Å². The van der Waals surface area contributed by atoms with Crippen molar-refractivity contribution in [2.75, 3.05) is 18.4 Å². The molecule has 2 aromatic carbocycles. The average Bonchev–Trinajstić information content (AvgIpc) is 2.58. The number of carbonyl (C=O) groups excluding carboxylic acids is 1. The van der Waals surface area contributed by atoms with Gasteiger partial charge < -0.3 is 5.32 Å². The highest BCUT2D eigenvalue weighted by atomic mass is 35.5. The third-order valence-corrected chi connectivity index (χ3v) is 5.04. The standard InChI is InChI=1S/C21H25ClN2O/c1-15-4-3-11-24(13-15)14-17-5-7-18(8-6-17)21(25)23-20-10-9-19(22)12-16(20)2/h5-10,12,15H,3-4,11,13-14H2,1-2H3,(H,23,25)/t15-/m1/s1. The molecule has 3 rings (SSSR count). The van der Waals surface area contributed by atoms with Gasteiger partial charge in [0.2, 0.25) is 0 Å². The Kier molecular flexibility index (Phi) is 5.77. The normalized spacial score (nSPS) is 18.1. The minimum atomic E-state index is -0.0939. The van der Waals surface area contributed by atoms with Crippen LogP contribution in [0.5, 0.6) is 0 Å². The molecule has 0 saturated carbocycles. The molecule has 4 heteroatoms. The molecule has 1 fully saturated rings. The summed E-state index contributed by atoms with van der Waals surface area (Å²) in [4.78, 5) is 14.9. The molecule has 1 aliphatic heterocycles. The molecule has 1 saturated heterocycles. The van der Waals surface area contributed by atoms with Gasteiger partial charge in [-0.25, -0.2) is 0 Å². The number of nitrogens with one attached hydrogen (secondary N) is 1. The van der Waals surface area contributed by atoms with Crippen LogP contribution in [-0.2, 0) is 6.54 Å². The van der Waals surface area contributed by atoms with Gasteiger partial charge in [-0.15, -0.1) is 0 Å². The number of halogens is 1. The Bertz CT molecular complexity index is 742. The number of rotatable bonds is 4. The molecular weight excluding hydrogens is 332 g/mol. The number of piperidine rings is 1. The zero-order chi connectivity index (χ0) is 17.8. The number of benzene rings is 2. The van der Waals surface area contributed by atoms with Crippen LogP contribution >= 0.6 is 11.6 Å². The van der Waals surface area contributed by atoms with Gasteiger partial charge in [0.15, 0.2) is 0 Å². The number of carbonyl (C=O) groups is 1. The number of anilines is 1. The molecule has 1 aliphatic rings. The van der Waals surface area contributed by atoms with E-state index in [1.165, 1.54) is 24.9 Å². The molecule has 1 atom stereocenters. The van der Waals surface area contributed by atoms with Crippen LogP contribution in [0, 0.1) is 12.8 Å². The lowest BCUT2D eigenvalue weighted by atomic mass is 9.99. The van der Waals surface area contributed by atoms with Gasteiger partial charge in [0.25, 0.3) is 5.91 Å². The molecule has 0 aromatic heterocycles. The first-order chi connectivity index (χ1) is 12.0. The van der Waals surface area contributed by atoms with Crippen molar-refractivity contribution in [2.24, 2.45) is 5.92 Å². The molecule has 0 spiro atoms. The Labute approximate surface area is 155 Å². The van der Waals surface area contributed by atoms with Crippen molar-refractivity contribution < 1.29 is 4.79 Å². The van der Waals surface area contributed by atoms with Gasteiger partial charge in [-0.1, -0.05) is 30.7 Å². The third kappa shape index (κ3) is 4.83. The second-order valence-corrected chi connectivity index (χ2v) is 7.53. The number of nitrogens with zero attached hydrogens (tertiary/aromatic N) is 1. The smallest absolute Gasteiger partial charge is 0.255 e. The van der Waals surface area contributed by atoms with E-state index in [1.54, 1.807) is 6.07 Å². The molecule has 3 nitrogen and oxygen atoms in total. The highest BCUT2D eigenvalue weighted by Crippen LogP contribution is 2.21. The van der Waals surface area contributed by atoms with Crippen LogP contribution in [0.2, 0.25) is 5.02 Å².